The SMILES string of the molecule is CNC[C@H]1CCN(C(=O)c2ccn(-c3cccc(Cl)c3)n2)C1. The number of carbonyl (C=O) groups is 1. The minimum Gasteiger partial charge on any atom is -0.337 e. The molecule has 1 aromatic carbocycles. The third-order valence-electron chi connectivity index (χ3n) is 3.95. The van der Waals surface area contributed by atoms with Gasteiger partial charge in [-0.3, -0.25) is 4.79 Å². The molecular weight excluding hydrogens is 300 g/mol. The van der Waals surface area contributed by atoms with E-state index >= 15 is 0 Å². The number of aromatic nitrogens is 2. The Balaban J connectivity index is 1.72. The zero-order chi connectivity index (χ0) is 15.5. The van der Waals surface area contributed by atoms with Gasteiger partial charge in [0.05, 0.1) is 5.69 Å². The topological polar surface area (TPSA) is 50.2 Å². The van der Waals surface area contributed by atoms with Gasteiger partial charge in [-0.05, 0) is 50.2 Å². The van der Waals surface area contributed by atoms with Gasteiger partial charge in [0.25, 0.3) is 5.91 Å². The van der Waals surface area contributed by atoms with E-state index in [4.69, 9.17) is 11.6 Å². The van der Waals surface area contributed by atoms with Crippen LogP contribution >= 0.6 is 11.6 Å². The third-order valence-corrected chi connectivity index (χ3v) is 4.18. The number of hydrogen-bond donors (Lipinski definition) is 1. The summed E-state index contributed by atoms with van der Waals surface area (Å²) in [6.07, 6.45) is 2.83. The van der Waals surface area contributed by atoms with Crippen molar-refractivity contribution in [3.05, 3.63) is 47.2 Å². The van der Waals surface area contributed by atoms with Gasteiger partial charge in [0.15, 0.2) is 5.69 Å². The molecule has 1 aromatic heterocycles. The van der Waals surface area contributed by atoms with Crippen LogP contribution in [0.4, 0.5) is 0 Å². The number of nitrogens with zero attached hydrogens (tertiary/aromatic N) is 3. The highest BCUT2D eigenvalue weighted by atomic mass is 35.5. The summed E-state index contributed by atoms with van der Waals surface area (Å²) in [6, 6.07) is 9.17. The van der Waals surface area contributed by atoms with Crippen LogP contribution in [0.3, 0.4) is 0 Å². The Morgan fingerprint density at radius 2 is 2.32 bits per heavy atom. The number of halogens is 1. The van der Waals surface area contributed by atoms with Crippen LogP contribution in [0.5, 0.6) is 0 Å². The second kappa shape index (κ2) is 6.50. The minimum atomic E-state index is -0.000573. The van der Waals surface area contributed by atoms with Gasteiger partial charge in [-0.25, -0.2) is 4.68 Å². The molecule has 6 heteroatoms. The lowest BCUT2D eigenvalue weighted by Crippen LogP contribution is -2.30. The summed E-state index contributed by atoms with van der Waals surface area (Å²) in [5.41, 5.74) is 1.33. The zero-order valence-electron chi connectivity index (χ0n) is 12.5. The Morgan fingerprint density at radius 1 is 1.45 bits per heavy atom. The summed E-state index contributed by atoms with van der Waals surface area (Å²) in [5, 5.41) is 8.21. The van der Waals surface area contributed by atoms with Crippen LogP contribution < -0.4 is 5.32 Å². The molecule has 1 aliphatic rings. The van der Waals surface area contributed by atoms with E-state index in [2.05, 4.69) is 10.4 Å². The van der Waals surface area contributed by atoms with Crippen LogP contribution in [0.1, 0.15) is 16.9 Å². The average molecular weight is 319 g/mol. The largest absolute Gasteiger partial charge is 0.337 e. The normalized spacial score (nSPS) is 17.9. The fourth-order valence-electron chi connectivity index (χ4n) is 2.83. The van der Waals surface area contributed by atoms with Crippen molar-refractivity contribution in [3.8, 4) is 5.69 Å². The van der Waals surface area contributed by atoms with Crippen molar-refractivity contribution in [3.63, 3.8) is 0 Å². The average Bonchev–Trinajstić information content (AvgIpc) is 3.16. The monoisotopic (exact) mass is 318 g/mol. The summed E-state index contributed by atoms with van der Waals surface area (Å²) < 4.78 is 1.68. The summed E-state index contributed by atoms with van der Waals surface area (Å²) >= 11 is 5.99. The van der Waals surface area contributed by atoms with Crippen molar-refractivity contribution >= 4 is 17.5 Å². The predicted molar refractivity (Wildman–Crippen MR) is 86.5 cm³/mol. The maximum Gasteiger partial charge on any atom is 0.274 e. The lowest BCUT2D eigenvalue weighted by molar-refractivity contribution is 0.0781. The Bertz CT molecular complexity index is 670. The number of nitrogens with one attached hydrogen (secondary N) is 1. The van der Waals surface area contributed by atoms with Crippen molar-refractivity contribution in [1.29, 1.82) is 0 Å². The number of amides is 1. The van der Waals surface area contributed by atoms with Crippen LogP contribution in [0.25, 0.3) is 5.69 Å². The molecule has 1 amide bonds. The highest BCUT2D eigenvalue weighted by Crippen LogP contribution is 2.19. The van der Waals surface area contributed by atoms with Gasteiger partial charge >= 0.3 is 0 Å². The molecule has 0 aliphatic carbocycles. The molecule has 3 rings (SSSR count). The Kier molecular flexibility index (Phi) is 4.45. The number of hydrogen-bond acceptors (Lipinski definition) is 3. The number of benzene rings is 1. The molecular formula is C16H19ClN4O. The first-order valence-corrected chi connectivity index (χ1v) is 7.80. The maximum absolute atomic E-state index is 12.5. The zero-order valence-corrected chi connectivity index (χ0v) is 13.3. The minimum absolute atomic E-state index is 0.000573. The predicted octanol–water partition coefficient (Wildman–Crippen LogP) is 2.21. The molecule has 1 atom stereocenters. The second-order valence-electron chi connectivity index (χ2n) is 5.59. The van der Waals surface area contributed by atoms with Gasteiger partial charge in [-0.1, -0.05) is 17.7 Å². The molecule has 1 fully saturated rings. The van der Waals surface area contributed by atoms with Crippen molar-refractivity contribution in [2.45, 2.75) is 6.42 Å². The molecule has 0 radical (unpaired) electrons. The van der Waals surface area contributed by atoms with Gasteiger partial charge in [0.2, 0.25) is 0 Å². The lowest BCUT2D eigenvalue weighted by Gasteiger charge is -2.15. The van der Waals surface area contributed by atoms with Crippen LogP contribution in [-0.4, -0.2) is 47.3 Å². The number of rotatable bonds is 4. The molecule has 1 aliphatic heterocycles. The van der Waals surface area contributed by atoms with Crippen LogP contribution in [-0.2, 0) is 0 Å². The summed E-state index contributed by atoms with van der Waals surface area (Å²) in [4.78, 5) is 14.4. The molecule has 5 nitrogen and oxygen atoms in total. The highest BCUT2D eigenvalue weighted by Gasteiger charge is 2.27. The lowest BCUT2D eigenvalue weighted by atomic mass is 10.1. The smallest absolute Gasteiger partial charge is 0.274 e. The van der Waals surface area contributed by atoms with Crippen LogP contribution in [0.2, 0.25) is 5.02 Å². The molecule has 0 spiro atoms. The van der Waals surface area contributed by atoms with E-state index in [1.165, 1.54) is 0 Å². The Morgan fingerprint density at radius 3 is 3.09 bits per heavy atom. The highest BCUT2D eigenvalue weighted by molar-refractivity contribution is 6.30. The molecule has 116 valence electrons. The first-order valence-electron chi connectivity index (χ1n) is 7.43. The molecule has 1 saturated heterocycles. The summed E-state index contributed by atoms with van der Waals surface area (Å²) in [7, 11) is 1.94. The first kappa shape index (κ1) is 15.1. The van der Waals surface area contributed by atoms with Gasteiger partial charge in [-0.15, -0.1) is 0 Å². The fraction of sp³-hybridized carbons (Fsp3) is 0.375. The van der Waals surface area contributed by atoms with E-state index in [0.717, 1.165) is 31.7 Å². The first-order chi connectivity index (χ1) is 10.7. The van der Waals surface area contributed by atoms with E-state index < -0.39 is 0 Å². The molecule has 1 N–H and O–H groups in total. The van der Waals surface area contributed by atoms with Crippen molar-refractivity contribution in [1.82, 2.24) is 20.0 Å². The maximum atomic E-state index is 12.5. The van der Waals surface area contributed by atoms with Crippen LogP contribution in [0.15, 0.2) is 36.5 Å². The Hall–Kier alpha value is -1.85. The van der Waals surface area contributed by atoms with Gasteiger partial charge in [0, 0.05) is 24.3 Å². The molecule has 2 aromatic rings. The Labute approximate surface area is 134 Å². The quantitative estimate of drug-likeness (QED) is 0.940. The number of likely N-dealkylation sites (tertiary alicyclic amines) is 1. The second-order valence-corrected chi connectivity index (χ2v) is 6.03. The number of carbonyl (C=O) groups excluding carboxylic acids is 1. The van der Waals surface area contributed by atoms with E-state index in [1.807, 2.05) is 36.2 Å². The van der Waals surface area contributed by atoms with Crippen molar-refractivity contribution in [2.24, 2.45) is 5.92 Å². The fourth-order valence-corrected chi connectivity index (χ4v) is 3.02. The molecule has 0 unspecified atom stereocenters. The molecule has 0 saturated carbocycles. The third kappa shape index (κ3) is 3.15. The van der Waals surface area contributed by atoms with Crippen molar-refractivity contribution < 1.29 is 4.79 Å². The van der Waals surface area contributed by atoms with Gasteiger partial charge in [0.1, 0.15) is 0 Å². The molecule has 22 heavy (non-hydrogen) atoms. The van der Waals surface area contributed by atoms with E-state index in [1.54, 1.807) is 16.9 Å². The molecule has 2 heterocycles. The van der Waals surface area contributed by atoms with Gasteiger partial charge < -0.3 is 10.2 Å². The van der Waals surface area contributed by atoms with Gasteiger partial charge in [-0.2, -0.15) is 5.10 Å². The summed E-state index contributed by atoms with van der Waals surface area (Å²) in [6.45, 7) is 2.54. The standard InChI is InChI=1S/C16H19ClN4O/c1-18-10-12-5-7-20(11-12)16(22)15-6-8-21(19-15)14-4-2-3-13(17)9-14/h2-4,6,8-9,12,18H,5,7,10-11H2,1H3/t12-/m1/s1. The van der Waals surface area contributed by atoms with Crippen LogP contribution in [0, 0.1) is 5.92 Å². The molecule has 0 bridgehead atoms. The van der Waals surface area contributed by atoms with E-state index in [-0.39, 0.29) is 5.91 Å². The van der Waals surface area contributed by atoms with E-state index in [0.29, 0.717) is 16.6 Å². The summed E-state index contributed by atoms with van der Waals surface area (Å²) in [5.74, 6) is 0.531. The van der Waals surface area contributed by atoms with E-state index in [9.17, 15) is 4.79 Å². The van der Waals surface area contributed by atoms with Crippen molar-refractivity contribution in [2.75, 3.05) is 26.7 Å².